The number of allylic oxidation sites excluding steroid dienone is 2. The van der Waals surface area contributed by atoms with Crippen molar-refractivity contribution in [3.05, 3.63) is 40.5 Å². The van der Waals surface area contributed by atoms with Crippen LogP contribution in [0.15, 0.2) is 18.2 Å². The lowest BCUT2D eigenvalue weighted by Crippen LogP contribution is -2.11. The summed E-state index contributed by atoms with van der Waals surface area (Å²) >= 11 is 5.28. The highest BCUT2D eigenvalue weighted by atomic mass is 35.5. The number of carbonyl (C=O) groups excluding carboxylic acids is 1. The molecule has 0 aliphatic carbocycles. The molecule has 0 atom stereocenters. The van der Waals surface area contributed by atoms with Crippen molar-refractivity contribution in [2.75, 3.05) is 0 Å². The van der Waals surface area contributed by atoms with Crippen LogP contribution in [0.3, 0.4) is 0 Å². The number of hydrogen-bond acceptors (Lipinski definition) is 1. The summed E-state index contributed by atoms with van der Waals surface area (Å²) in [6, 6.07) is 2.15. The second-order valence-electron chi connectivity index (χ2n) is 3.96. The topological polar surface area (TPSA) is 17.1 Å². The summed E-state index contributed by atoms with van der Waals surface area (Å²) in [6.45, 7) is 4.81. The zero-order valence-electron chi connectivity index (χ0n) is 10.2. The quantitative estimate of drug-likeness (QED) is 0.708. The molecular formula is C13H12ClF3O. The third-order valence-electron chi connectivity index (χ3n) is 2.74. The van der Waals surface area contributed by atoms with Gasteiger partial charge in [0.15, 0.2) is 0 Å². The van der Waals surface area contributed by atoms with E-state index in [2.05, 4.69) is 0 Å². The van der Waals surface area contributed by atoms with Crippen molar-refractivity contribution in [2.24, 2.45) is 0 Å². The van der Waals surface area contributed by atoms with Gasteiger partial charge in [-0.1, -0.05) is 12.1 Å². The zero-order chi connectivity index (χ0) is 14.1. The van der Waals surface area contributed by atoms with Crippen LogP contribution in [0.1, 0.15) is 40.9 Å². The number of carbonyl (C=O) groups is 1. The standard InChI is InChI=1S/C13H12ClF3O/c1-4-7(2)9-5-8(3)10(12(14)18)6-11(9)13(15,16)17/h4-6H,1-3H3/b7-4-. The van der Waals surface area contributed by atoms with E-state index in [1.54, 1.807) is 26.8 Å². The first-order valence-corrected chi connectivity index (χ1v) is 5.61. The maximum absolute atomic E-state index is 12.9. The van der Waals surface area contributed by atoms with E-state index in [0.717, 1.165) is 6.07 Å². The number of halogens is 4. The molecule has 5 heteroatoms. The van der Waals surface area contributed by atoms with E-state index in [-0.39, 0.29) is 11.1 Å². The van der Waals surface area contributed by atoms with Gasteiger partial charge in [0, 0.05) is 5.56 Å². The summed E-state index contributed by atoms with van der Waals surface area (Å²) < 4.78 is 38.8. The van der Waals surface area contributed by atoms with Crippen molar-refractivity contribution in [2.45, 2.75) is 26.9 Å². The van der Waals surface area contributed by atoms with E-state index in [1.165, 1.54) is 6.07 Å². The molecule has 0 aliphatic heterocycles. The summed E-state index contributed by atoms with van der Waals surface area (Å²) in [4.78, 5) is 11.1. The van der Waals surface area contributed by atoms with E-state index in [0.29, 0.717) is 11.1 Å². The average molecular weight is 277 g/mol. The normalized spacial score (nSPS) is 12.7. The molecule has 0 spiro atoms. The molecule has 0 saturated heterocycles. The average Bonchev–Trinajstić information content (AvgIpc) is 2.25. The van der Waals surface area contributed by atoms with Crippen LogP contribution in [0, 0.1) is 6.92 Å². The summed E-state index contributed by atoms with van der Waals surface area (Å²) in [5.41, 5.74) is 0.0479. The third kappa shape index (κ3) is 2.93. The molecule has 0 N–H and O–H groups in total. The third-order valence-corrected chi connectivity index (χ3v) is 2.94. The Morgan fingerprint density at radius 1 is 1.28 bits per heavy atom. The van der Waals surface area contributed by atoms with Gasteiger partial charge < -0.3 is 0 Å². The maximum Gasteiger partial charge on any atom is 0.417 e. The predicted octanol–water partition coefficient (Wildman–Crippen LogP) is 4.82. The van der Waals surface area contributed by atoms with Gasteiger partial charge in [-0.2, -0.15) is 13.2 Å². The Morgan fingerprint density at radius 3 is 2.22 bits per heavy atom. The molecule has 0 amide bonds. The molecular weight excluding hydrogens is 265 g/mol. The molecule has 1 rings (SSSR count). The number of alkyl halides is 3. The lowest BCUT2D eigenvalue weighted by Gasteiger charge is -2.16. The van der Waals surface area contributed by atoms with Gasteiger partial charge in [-0.25, -0.2) is 0 Å². The van der Waals surface area contributed by atoms with Gasteiger partial charge in [0.1, 0.15) is 0 Å². The molecule has 0 fully saturated rings. The monoisotopic (exact) mass is 276 g/mol. The highest BCUT2D eigenvalue weighted by Gasteiger charge is 2.34. The Bertz CT molecular complexity index is 516. The van der Waals surface area contributed by atoms with Crippen LogP contribution >= 0.6 is 11.6 Å². The molecule has 0 radical (unpaired) electrons. The Hall–Kier alpha value is -1.29. The van der Waals surface area contributed by atoms with Crippen LogP contribution in [-0.4, -0.2) is 5.24 Å². The van der Waals surface area contributed by atoms with E-state index < -0.39 is 17.0 Å². The van der Waals surface area contributed by atoms with Crippen molar-refractivity contribution in [3.63, 3.8) is 0 Å². The van der Waals surface area contributed by atoms with Crippen LogP contribution in [0.4, 0.5) is 13.2 Å². The summed E-state index contributed by atoms with van der Waals surface area (Å²) in [5.74, 6) is 0. The molecule has 1 aromatic rings. The number of hydrogen-bond donors (Lipinski definition) is 0. The highest BCUT2D eigenvalue weighted by molar-refractivity contribution is 6.67. The van der Waals surface area contributed by atoms with Gasteiger partial charge in [-0.15, -0.1) is 0 Å². The van der Waals surface area contributed by atoms with Gasteiger partial charge in [0.2, 0.25) is 0 Å². The van der Waals surface area contributed by atoms with Crippen LogP contribution in [0.2, 0.25) is 0 Å². The number of benzene rings is 1. The van der Waals surface area contributed by atoms with Gasteiger partial charge >= 0.3 is 6.18 Å². The second kappa shape index (κ2) is 5.14. The van der Waals surface area contributed by atoms with Crippen LogP contribution in [0.25, 0.3) is 5.57 Å². The maximum atomic E-state index is 12.9. The number of rotatable bonds is 2. The van der Waals surface area contributed by atoms with Gasteiger partial charge in [-0.3, -0.25) is 4.79 Å². The SMILES string of the molecule is C/C=C(/C)c1cc(C)c(C(=O)Cl)cc1C(F)(F)F. The molecule has 0 aliphatic rings. The molecule has 1 nitrogen and oxygen atoms in total. The van der Waals surface area contributed by atoms with E-state index in [1.807, 2.05) is 0 Å². The lowest BCUT2D eigenvalue weighted by atomic mass is 9.94. The lowest BCUT2D eigenvalue weighted by molar-refractivity contribution is -0.137. The minimum atomic E-state index is -4.52. The Morgan fingerprint density at radius 2 is 1.83 bits per heavy atom. The summed E-state index contributed by atoms with van der Waals surface area (Å²) in [6.07, 6.45) is -2.93. The van der Waals surface area contributed by atoms with Crippen LogP contribution < -0.4 is 0 Å². The van der Waals surface area contributed by atoms with Crippen molar-refractivity contribution in [1.29, 1.82) is 0 Å². The largest absolute Gasteiger partial charge is 0.417 e. The Kier molecular flexibility index (Phi) is 4.22. The minimum absolute atomic E-state index is 0.0733. The van der Waals surface area contributed by atoms with Crippen LogP contribution in [0.5, 0.6) is 0 Å². The van der Waals surface area contributed by atoms with Gasteiger partial charge in [0.25, 0.3) is 5.24 Å². The molecule has 18 heavy (non-hydrogen) atoms. The zero-order valence-corrected chi connectivity index (χ0v) is 10.9. The molecule has 0 aromatic heterocycles. The number of aryl methyl sites for hydroxylation is 1. The van der Waals surface area contributed by atoms with Crippen molar-refractivity contribution in [3.8, 4) is 0 Å². The molecule has 0 saturated carbocycles. The Balaban J connectivity index is 3.63. The first-order chi connectivity index (χ1) is 8.18. The van der Waals surface area contributed by atoms with Crippen LogP contribution in [-0.2, 0) is 6.18 Å². The van der Waals surface area contributed by atoms with Crippen molar-refractivity contribution >= 4 is 22.4 Å². The smallest absolute Gasteiger partial charge is 0.276 e. The van der Waals surface area contributed by atoms with E-state index in [4.69, 9.17) is 11.6 Å². The van der Waals surface area contributed by atoms with E-state index in [9.17, 15) is 18.0 Å². The minimum Gasteiger partial charge on any atom is -0.276 e. The highest BCUT2D eigenvalue weighted by Crippen LogP contribution is 2.36. The van der Waals surface area contributed by atoms with Gasteiger partial charge in [-0.05, 0) is 55.1 Å². The second-order valence-corrected chi connectivity index (χ2v) is 4.30. The van der Waals surface area contributed by atoms with Crippen molar-refractivity contribution in [1.82, 2.24) is 0 Å². The fraction of sp³-hybridized carbons (Fsp3) is 0.308. The van der Waals surface area contributed by atoms with Crippen molar-refractivity contribution < 1.29 is 18.0 Å². The Labute approximate surface area is 108 Å². The molecule has 0 heterocycles. The molecule has 0 unspecified atom stereocenters. The predicted molar refractivity (Wildman–Crippen MR) is 65.7 cm³/mol. The fourth-order valence-electron chi connectivity index (χ4n) is 1.64. The van der Waals surface area contributed by atoms with E-state index >= 15 is 0 Å². The summed E-state index contributed by atoms with van der Waals surface area (Å²) in [5, 5.41) is -0.886. The molecule has 98 valence electrons. The first-order valence-electron chi connectivity index (χ1n) is 5.23. The fourth-order valence-corrected chi connectivity index (χ4v) is 1.84. The van der Waals surface area contributed by atoms with Gasteiger partial charge in [0.05, 0.1) is 5.56 Å². The molecule has 1 aromatic carbocycles. The summed E-state index contributed by atoms with van der Waals surface area (Å²) in [7, 11) is 0. The first kappa shape index (κ1) is 14.8. The molecule has 0 bridgehead atoms.